The maximum Gasteiger partial charge on any atom is 0.253 e. The van der Waals surface area contributed by atoms with Crippen LogP contribution in [-0.2, 0) is 25.5 Å². The molecule has 1 spiro atoms. The lowest BCUT2D eigenvalue weighted by Crippen LogP contribution is -2.59. The molecule has 2 unspecified atom stereocenters. The molecule has 0 radical (unpaired) electrons. The maximum absolute atomic E-state index is 14.8. The molecule has 0 saturated carbocycles. The van der Waals surface area contributed by atoms with Crippen LogP contribution in [0.25, 0.3) is 0 Å². The molecule has 3 aliphatic rings. The van der Waals surface area contributed by atoms with E-state index >= 15 is 0 Å². The maximum atomic E-state index is 14.8. The summed E-state index contributed by atoms with van der Waals surface area (Å²) in [7, 11) is 1.58. The Labute approximate surface area is 259 Å². The summed E-state index contributed by atoms with van der Waals surface area (Å²) in [5.41, 5.74) is 0.351. The quantitative estimate of drug-likeness (QED) is 0.332. The first-order valence-electron chi connectivity index (χ1n) is 15.5. The Morgan fingerprint density at radius 1 is 1.11 bits per heavy atom. The monoisotopic (exact) mass is 601 g/mol. The number of hydrogen-bond donors (Lipinski definition) is 1. The van der Waals surface area contributed by atoms with E-state index in [0.717, 1.165) is 12.0 Å². The van der Waals surface area contributed by atoms with Crippen LogP contribution in [0.2, 0.25) is 0 Å². The Morgan fingerprint density at radius 2 is 1.82 bits per heavy atom. The highest BCUT2D eigenvalue weighted by Crippen LogP contribution is 2.59. The summed E-state index contributed by atoms with van der Waals surface area (Å²) in [4.78, 5) is 48.5. The fourth-order valence-electron chi connectivity index (χ4n) is 7.47. The number of likely N-dealkylation sites (tertiary alicyclic amines) is 1. The first-order chi connectivity index (χ1) is 21.3. The first kappa shape index (κ1) is 31.5. The number of hydrogen-bond acceptors (Lipinski definition) is 6. The van der Waals surface area contributed by atoms with Gasteiger partial charge in [-0.15, -0.1) is 13.2 Å². The lowest BCUT2D eigenvalue weighted by atomic mass is 9.70. The van der Waals surface area contributed by atoms with E-state index in [0.29, 0.717) is 43.8 Å². The van der Waals surface area contributed by atoms with Gasteiger partial charge in [0.25, 0.3) is 5.91 Å². The number of methoxy groups -OCH3 is 1. The van der Waals surface area contributed by atoms with Gasteiger partial charge in [-0.3, -0.25) is 14.4 Å². The number of aliphatic hydroxyl groups is 1. The van der Waals surface area contributed by atoms with Gasteiger partial charge < -0.3 is 29.3 Å². The molecule has 5 rings (SSSR count). The van der Waals surface area contributed by atoms with Crippen LogP contribution >= 0.6 is 0 Å². The van der Waals surface area contributed by atoms with Crippen LogP contribution in [-0.4, -0.2) is 89.8 Å². The largest absolute Gasteiger partial charge is 0.497 e. The zero-order valence-corrected chi connectivity index (χ0v) is 25.6. The molecule has 2 bridgehead atoms. The summed E-state index contributed by atoms with van der Waals surface area (Å²) in [5, 5.41) is 10.7. The molecular formula is C35H43N3O6. The Balaban J connectivity index is 1.60. The third kappa shape index (κ3) is 5.43. The molecule has 9 nitrogen and oxygen atoms in total. The molecule has 3 aliphatic heterocycles. The number of nitrogens with zero attached hydrogens (tertiary/aromatic N) is 3. The van der Waals surface area contributed by atoms with Gasteiger partial charge in [-0.05, 0) is 55.5 Å². The van der Waals surface area contributed by atoms with Gasteiger partial charge in [0.15, 0.2) is 0 Å². The smallest absolute Gasteiger partial charge is 0.253 e. The topological polar surface area (TPSA) is 99.6 Å². The molecule has 0 aliphatic carbocycles. The van der Waals surface area contributed by atoms with Gasteiger partial charge in [0, 0.05) is 25.3 Å². The van der Waals surface area contributed by atoms with Gasteiger partial charge in [0.2, 0.25) is 11.8 Å². The van der Waals surface area contributed by atoms with Crippen LogP contribution in [0, 0.1) is 11.8 Å². The Morgan fingerprint density at radius 3 is 2.43 bits per heavy atom. The lowest BCUT2D eigenvalue weighted by molar-refractivity contribution is -0.147. The van der Waals surface area contributed by atoms with E-state index in [1.165, 1.54) is 0 Å². The minimum Gasteiger partial charge on any atom is -0.497 e. The second kappa shape index (κ2) is 13.4. The minimum absolute atomic E-state index is 0.147. The number of anilines is 1. The number of aliphatic hydroxyl groups excluding tert-OH is 1. The normalized spacial score (nSPS) is 25.8. The van der Waals surface area contributed by atoms with Crippen molar-refractivity contribution in [2.45, 2.75) is 56.4 Å². The first-order valence-corrected chi connectivity index (χ1v) is 15.5. The van der Waals surface area contributed by atoms with Gasteiger partial charge in [0.05, 0.1) is 37.7 Å². The number of rotatable bonds is 14. The van der Waals surface area contributed by atoms with E-state index in [1.807, 2.05) is 37.3 Å². The van der Waals surface area contributed by atoms with Gasteiger partial charge in [-0.2, -0.15) is 0 Å². The highest BCUT2D eigenvalue weighted by atomic mass is 16.5. The zero-order valence-electron chi connectivity index (χ0n) is 25.6. The van der Waals surface area contributed by atoms with E-state index < -0.39 is 35.6 Å². The van der Waals surface area contributed by atoms with E-state index in [1.54, 1.807) is 58.2 Å². The van der Waals surface area contributed by atoms with Crippen LogP contribution in [0.3, 0.4) is 0 Å². The average Bonchev–Trinajstić information content (AvgIpc) is 3.69. The molecule has 44 heavy (non-hydrogen) atoms. The molecular weight excluding hydrogens is 558 g/mol. The van der Waals surface area contributed by atoms with E-state index in [-0.39, 0.29) is 30.9 Å². The van der Waals surface area contributed by atoms with Crippen LogP contribution in [0.4, 0.5) is 5.69 Å². The van der Waals surface area contributed by atoms with Gasteiger partial charge >= 0.3 is 0 Å². The highest BCUT2D eigenvalue weighted by molar-refractivity contribution is 6.05. The molecule has 3 heterocycles. The van der Waals surface area contributed by atoms with Crippen molar-refractivity contribution in [1.82, 2.24) is 9.80 Å². The highest BCUT2D eigenvalue weighted by Gasteiger charge is 2.75. The molecule has 2 aromatic carbocycles. The molecule has 6 atom stereocenters. The van der Waals surface area contributed by atoms with E-state index in [4.69, 9.17) is 9.47 Å². The third-order valence-electron chi connectivity index (χ3n) is 9.29. The number of ether oxygens (including phenoxy) is 2. The molecule has 3 amide bonds. The second-order valence-corrected chi connectivity index (χ2v) is 11.8. The SMILES string of the molecule is C=CCN(CCC)C(=O)[C@@H]1[C@H]2C(=O)N([C@@H](CO)Cc3ccccc3)C(C(=O)N(CC=C)c3ccc(OC)cc3)C23CC[C@H]1O3. The van der Waals surface area contributed by atoms with Crippen molar-refractivity contribution >= 4 is 23.4 Å². The standard InChI is InChI=1S/C35H43N3O6/c1-5-19-36(20-6-2)32(40)29-28-17-18-35(44-28)30(29)33(41)38(26(23-39)22-24-11-9-8-10-12-24)31(35)34(42)37(21-7-3)25-13-15-27(43-4)16-14-25/h5,7-16,26,28-31,39H,1,3,6,17-23H2,2,4H3/t26-,28-,29+,30+,31?,35?/m1/s1. The van der Waals surface area contributed by atoms with Crippen molar-refractivity contribution < 1.29 is 29.0 Å². The number of carbonyl (C=O) groups is 3. The van der Waals surface area contributed by atoms with Crippen molar-refractivity contribution in [1.29, 1.82) is 0 Å². The second-order valence-electron chi connectivity index (χ2n) is 11.8. The average molecular weight is 602 g/mol. The van der Waals surface area contributed by atoms with Crippen molar-refractivity contribution in [2.75, 3.05) is 38.3 Å². The molecule has 3 saturated heterocycles. The Bertz CT molecular complexity index is 1360. The zero-order chi connectivity index (χ0) is 31.4. The fourth-order valence-corrected chi connectivity index (χ4v) is 7.47. The van der Waals surface area contributed by atoms with Gasteiger partial charge in [-0.1, -0.05) is 49.4 Å². The Kier molecular flexibility index (Phi) is 9.56. The number of benzene rings is 2. The van der Waals surface area contributed by atoms with Crippen molar-refractivity contribution in [3.63, 3.8) is 0 Å². The van der Waals surface area contributed by atoms with Gasteiger partial charge in [0.1, 0.15) is 17.4 Å². The summed E-state index contributed by atoms with van der Waals surface area (Å²) in [6, 6.07) is 15.0. The number of fused-ring (bicyclic) bond motifs is 1. The van der Waals surface area contributed by atoms with Crippen molar-refractivity contribution in [2.24, 2.45) is 11.8 Å². The number of amides is 3. The molecule has 0 aromatic heterocycles. The predicted molar refractivity (Wildman–Crippen MR) is 168 cm³/mol. The molecule has 9 heteroatoms. The molecule has 2 aromatic rings. The molecule has 234 valence electrons. The van der Waals surface area contributed by atoms with Crippen LogP contribution in [0.1, 0.15) is 31.7 Å². The minimum atomic E-state index is -1.19. The van der Waals surface area contributed by atoms with Crippen molar-refractivity contribution in [3.05, 3.63) is 85.5 Å². The fraction of sp³-hybridized carbons (Fsp3) is 0.457. The van der Waals surface area contributed by atoms with Crippen LogP contribution in [0.15, 0.2) is 79.9 Å². The summed E-state index contributed by atoms with van der Waals surface area (Å²) >= 11 is 0. The number of carbonyl (C=O) groups excluding carboxylic acids is 3. The van der Waals surface area contributed by atoms with Crippen LogP contribution < -0.4 is 9.64 Å². The van der Waals surface area contributed by atoms with Gasteiger partial charge in [-0.25, -0.2) is 0 Å². The third-order valence-corrected chi connectivity index (χ3v) is 9.29. The summed E-state index contributed by atoms with van der Waals surface area (Å²) in [6.45, 7) is 10.5. The lowest BCUT2D eigenvalue weighted by Gasteiger charge is -2.39. The van der Waals surface area contributed by atoms with E-state index in [2.05, 4.69) is 13.2 Å². The van der Waals surface area contributed by atoms with Crippen molar-refractivity contribution in [3.8, 4) is 5.75 Å². The van der Waals surface area contributed by atoms with Crippen LogP contribution in [0.5, 0.6) is 5.75 Å². The summed E-state index contributed by atoms with van der Waals surface area (Å²) < 4.78 is 12.0. The van der Waals surface area contributed by atoms with E-state index in [9.17, 15) is 19.5 Å². The Hall–Kier alpha value is -3.95. The summed E-state index contributed by atoms with van der Waals surface area (Å²) in [6.07, 6.45) is 5.01. The summed E-state index contributed by atoms with van der Waals surface area (Å²) in [5.74, 6) is -1.70. The molecule has 3 fully saturated rings. The predicted octanol–water partition coefficient (Wildman–Crippen LogP) is 3.62. The molecule has 1 N–H and O–H groups in total.